The summed E-state index contributed by atoms with van der Waals surface area (Å²) in [6, 6.07) is 21.5. The van der Waals surface area contributed by atoms with Gasteiger partial charge in [-0.15, -0.1) is 0 Å². The quantitative estimate of drug-likeness (QED) is 0.523. The predicted octanol–water partition coefficient (Wildman–Crippen LogP) is 4.94. The van der Waals surface area contributed by atoms with Gasteiger partial charge >= 0.3 is 6.03 Å². The van der Waals surface area contributed by atoms with Crippen molar-refractivity contribution in [2.24, 2.45) is 5.92 Å². The molecule has 4 amide bonds. The van der Waals surface area contributed by atoms with Crippen molar-refractivity contribution in [2.45, 2.75) is 20.3 Å². The highest BCUT2D eigenvalue weighted by Gasteiger charge is 2.35. The van der Waals surface area contributed by atoms with Crippen LogP contribution in [0.15, 0.2) is 72.8 Å². The van der Waals surface area contributed by atoms with E-state index < -0.39 is 5.92 Å². The maximum atomic E-state index is 12.9. The normalized spacial score (nSPS) is 15.3. The summed E-state index contributed by atoms with van der Waals surface area (Å²) in [6.45, 7) is 4.33. The number of anilines is 4. The first-order valence-corrected chi connectivity index (χ1v) is 10.8. The maximum absolute atomic E-state index is 12.9. The summed E-state index contributed by atoms with van der Waals surface area (Å²) in [4.78, 5) is 39.4. The first-order valence-electron chi connectivity index (χ1n) is 10.8. The van der Waals surface area contributed by atoms with E-state index in [9.17, 15) is 14.4 Å². The molecule has 1 unspecified atom stereocenters. The van der Waals surface area contributed by atoms with Crippen molar-refractivity contribution in [2.75, 3.05) is 27.4 Å². The van der Waals surface area contributed by atoms with Crippen LogP contribution in [0.4, 0.5) is 27.5 Å². The number of carbonyl (C=O) groups excluding carboxylic acids is 3. The molecule has 3 N–H and O–H groups in total. The number of aryl methyl sites for hydroxylation is 1. The molecule has 3 aromatic carbocycles. The van der Waals surface area contributed by atoms with Crippen LogP contribution in [0, 0.1) is 19.8 Å². The molecule has 33 heavy (non-hydrogen) atoms. The van der Waals surface area contributed by atoms with Gasteiger partial charge in [-0.25, -0.2) is 4.79 Å². The van der Waals surface area contributed by atoms with Gasteiger partial charge in [-0.05, 0) is 61.4 Å². The summed E-state index contributed by atoms with van der Waals surface area (Å²) in [7, 11) is 0. The number of nitrogens with one attached hydrogen (secondary N) is 3. The summed E-state index contributed by atoms with van der Waals surface area (Å²) in [6.07, 6.45) is 0.163. The number of rotatable bonds is 5. The van der Waals surface area contributed by atoms with Gasteiger partial charge in [0.1, 0.15) is 0 Å². The van der Waals surface area contributed by atoms with Gasteiger partial charge in [0, 0.05) is 35.7 Å². The molecule has 1 atom stereocenters. The first kappa shape index (κ1) is 22.1. The molecule has 168 valence electrons. The Morgan fingerprint density at radius 1 is 0.818 bits per heavy atom. The van der Waals surface area contributed by atoms with E-state index in [-0.39, 0.29) is 24.3 Å². The smallest absolute Gasteiger partial charge is 0.323 e. The second kappa shape index (κ2) is 9.56. The Morgan fingerprint density at radius 2 is 1.45 bits per heavy atom. The average molecular weight is 443 g/mol. The van der Waals surface area contributed by atoms with Crippen LogP contribution < -0.4 is 20.9 Å². The van der Waals surface area contributed by atoms with Crippen molar-refractivity contribution in [3.05, 3.63) is 83.9 Å². The van der Waals surface area contributed by atoms with Crippen LogP contribution in [-0.4, -0.2) is 24.4 Å². The van der Waals surface area contributed by atoms with E-state index in [4.69, 9.17) is 0 Å². The summed E-state index contributed by atoms with van der Waals surface area (Å²) in [5, 5.41) is 8.38. The highest BCUT2D eigenvalue weighted by atomic mass is 16.2. The Morgan fingerprint density at radius 3 is 2.21 bits per heavy atom. The highest BCUT2D eigenvalue weighted by molar-refractivity contribution is 6.04. The molecule has 1 aliphatic rings. The highest BCUT2D eigenvalue weighted by Crippen LogP contribution is 2.30. The minimum Gasteiger partial charge on any atom is -0.326 e. The molecule has 0 aromatic heterocycles. The standard InChI is InChI=1S/C26H26N4O3/c1-17-8-6-13-23(18(17)2)30-16-19(14-24(30)31)25(32)27-21-11-7-12-22(15-21)29-26(33)28-20-9-4-3-5-10-20/h3-13,15,19H,14,16H2,1-2H3,(H,27,32)(H2,28,29,33). The van der Waals surface area contributed by atoms with Gasteiger partial charge in [0.15, 0.2) is 0 Å². The van der Waals surface area contributed by atoms with Gasteiger partial charge < -0.3 is 20.9 Å². The molecule has 1 heterocycles. The van der Waals surface area contributed by atoms with Crippen molar-refractivity contribution < 1.29 is 14.4 Å². The Labute approximate surface area is 192 Å². The Hall–Kier alpha value is -4.13. The van der Waals surface area contributed by atoms with Gasteiger partial charge in [-0.3, -0.25) is 9.59 Å². The van der Waals surface area contributed by atoms with Crippen molar-refractivity contribution in [3.8, 4) is 0 Å². The van der Waals surface area contributed by atoms with Crippen LogP contribution in [-0.2, 0) is 9.59 Å². The van der Waals surface area contributed by atoms with Crippen molar-refractivity contribution >= 4 is 40.6 Å². The molecular formula is C26H26N4O3. The SMILES string of the molecule is Cc1cccc(N2CC(C(=O)Nc3cccc(NC(=O)Nc4ccccc4)c3)CC2=O)c1C. The van der Waals surface area contributed by atoms with Gasteiger partial charge in [0.2, 0.25) is 11.8 Å². The molecule has 0 bridgehead atoms. The van der Waals surface area contributed by atoms with E-state index in [0.29, 0.717) is 23.6 Å². The lowest BCUT2D eigenvalue weighted by molar-refractivity contribution is -0.122. The van der Waals surface area contributed by atoms with Crippen LogP contribution >= 0.6 is 0 Å². The van der Waals surface area contributed by atoms with Gasteiger partial charge in [-0.1, -0.05) is 36.4 Å². The number of nitrogens with zero attached hydrogens (tertiary/aromatic N) is 1. The van der Waals surface area contributed by atoms with Gasteiger partial charge in [0.25, 0.3) is 0 Å². The summed E-state index contributed by atoms with van der Waals surface area (Å²) < 4.78 is 0. The molecule has 1 aliphatic heterocycles. The maximum Gasteiger partial charge on any atom is 0.323 e. The van der Waals surface area contributed by atoms with Gasteiger partial charge in [-0.2, -0.15) is 0 Å². The third-order valence-corrected chi connectivity index (χ3v) is 5.78. The monoisotopic (exact) mass is 442 g/mol. The number of carbonyl (C=O) groups is 3. The summed E-state index contributed by atoms with van der Waals surface area (Å²) in [5.74, 6) is -0.727. The molecule has 0 spiro atoms. The number of hydrogen-bond donors (Lipinski definition) is 3. The van der Waals surface area contributed by atoms with Crippen molar-refractivity contribution in [3.63, 3.8) is 0 Å². The number of amides is 4. The van der Waals surface area contributed by atoms with Crippen molar-refractivity contribution in [1.82, 2.24) is 0 Å². The lowest BCUT2D eigenvalue weighted by atomic mass is 10.1. The Kier molecular flexibility index (Phi) is 6.40. The molecule has 0 aliphatic carbocycles. The first-order chi connectivity index (χ1) is 15.9. The Bertz CT molecular complexity index is 1190. The minimum absolute atomic E-state index is 0.0585. The lowest BCUT2D eigenvalue weighted by Crippen LogP contribution is -2.28. The van der Waals surface area contributed by atoms with E-state index >= 15 is 0 Å². The fourth-order valence-electron chi connectivity index (χ4n) is 3.88. The van der Waals surface area contributed by atoms with E-state index in [1.165, 1.54) is 0 Å². The van der Waals surface area contributed by atoms with Crippen molar-refractivity contribution in [1.29, 1.82) is 0 Å². The fourth-order valence-corrected chi connectivity index (χ4v) is 3.88. The predicted molar refractivity (Wildman–Crippen MR) is 131 cm³/mol. The molecule has 4 rings (SSSR count). The number of benzene rings is 3. The van der Waals surface area contributed by atoms with Crippen LogP contribution in [0.1, 0.15) is 17.5 Å². The molecule has 3 aromatic rings. The molecule has 7 nitrogen and oxygen atoms in total. The van der Waals surface area contributed by atoms with Crippen LogP contribution in [0.3, 0.4) is 0 Å². The van der Waals surface area contributed by atoms with E-state index in [2.05, 4.69) is 16.0 Å². The Balaban J connectivity index is 1.38. The molecule has 7 heteroatoms. The second-order valence-corrected chi connectivity index (χ2v) is 8.14. The average Bonchev–Trinajstić information content (AvgIpc) is 3.18. The van der Waals surface area contributed by atoms with Crippen LogP contribution in [0.2, 0.25) is 0 Å². The molecular weight excluding hydrogens is 416 g/mol. The van der Waals surface area contributed by atoms with Crippen LogP contribution in [0.25, 0.3) is 0 Å². The van der Waals surface area contributed by atoms with Crippen LogP contribution in [0.5, 0.6) is 0 Å². The number of hydrogen-bond acceptors (Lipinski definition) is 3. The largest absolute Gasteiger partial charge is 0.326 e. The fraction of sp³-hybridized carbons (Fsp3) is 0.192. The summed E-state index contributed by atoms with van der Waals surface area (Å²) in [5.41, 5.74) is 4.77. The topological polar surface area (TPSA) is 90.5 Å². The molecule has 0 radical (unpaired) electrons. The van der Waals surface area contributed by atoms with E-state index in [0.717, 1.165) is 16.8 Å². The zero-order valence-corrected chi connectivity index (χ0v) is 18.6. The van der Waals surface area contributed by atoms with Gasteiger partial charge in [0.05, 0.1) is 5.92 Å². The molecule has 0 saturated carbocycles. The lowest BCUT2D eigenvalue weighted by Gasteiger charge is -2.20. The summed E-state index contributed by atoms with van der Waals surface area (Å²) >= 11 is 0. The number of para-hydroxylation sites is 1. The zero-order valence-electron chi connectivity index (χ0n) is 18.6. The van der Waals surface area contributed by atoms with E-state index in [1.54, 1.807) is 41.3 Å². The molecule has 1 fully saturated rings. The third-order valence-electron chi connectivity index (χ3n) is 5.78. The minimum atomic E-state index is -0.449. The number of urea groups is 1. The third kappa shape index (κ3) is 5.20. The zero-order chi connectivity index (χ0) is 23.4. The van der Waals surface area contributed by atoms with E-state index in [1.807, 2.05) is 50.2 Å². The molecule has 1 saturated heterocycles. The second-order valence-electron chi connectivity index (χ2n) is 8.14.